The largest absolute Gasteiger partial charge is 0.371 e. The number of nitriles is 1. The van der Waals surface area contributed by atoms with E-state index in [1.165, 1.54) is 17.3 Å². The van der Waals surface area contributed by atoms with Crippen LogP contribution >= 0.6 is 24.0 Å². The first kappa shape index (κ1) is 26.7. The van der Waals surface area contributed by atoms with Gasteiger partial charge in [0.25, 0.3) is 11.5 Å². The van der Waals surface area contributed by atoms with Crippen molar-refractivity contribution in [2.45, 2.75) is 66.0 Å². The third kappa shape index (κ3) is 5.85. The summed E-state index contributed by atoms with van der Waals surface area (Å²) >= 11 is 6.77. The zero-order chi connectivity index (χ0) is 25.5. The number of thioether (sulfide) groups is 1. The highest BCUT2D eigenvalue weighted by atomic mass is 32.2. The number of aromatic nitrogens is 1. The van der Waals surface area contributed by atoms with Gasteiger partial charge in [0.2, 0.25) is 0 Å². The average molecular weight is 509 g/mol. The van der Waals surface area contributed by atoms with Gasteiger partial charge in [-0.2, -0.15) is 5.26 Å². The number of thiocarbonyl (C=S) groups is 1. The summed E-state index contributed by atoms with van der Waals surface area (Å²) in [6, 6.07) is 12.2. The van der Waals surface area contributed by atoms with Crippen molar-refractivity contribution in [1.82, 2.24) is 9.47 Å². The standard InChI is InChI=1S/C27H32N4O2S2/c1-5-7-15-30-24(29-14-13-20-11-9-8-10-12-20)21(19(4)22(17-28)25(30)32)16-23-26(33)31(18(3)6-2)27(34)35-23/h8-12,16,18,29H,5-7,13-15H2,1-4H3/b23-16+. The van der Waals surface area contributed by atoms with E-state index < -0.39 is 0 Å². The summed E-state index contributed by atoms with van der Waals surface area (Å²) in [5, 5.41) is 13.2. The van der Waals surface area contributed by atoms with Gasteiger partial charge in [-0.15, -0.1) is 0 Å². The Morgan fingerprint density at radius 3 is 2.57 bits per heavy atom. The molecule has 1 aromatic carbocycles. The third-order valence-corrected chi connectivity index (χ3v) is 7.62. The SMILES string of the molecule is CCCCn1c(NCCc2ccccc2)c(/C=C2/SC(=S)N(C(C)CC)C2=O)c(C)c(C#N)c1=O. The predicted molar refractivity (Wildman–Crippen MR) is 148 cm³/mol. The van der Waals surface area contributed by atoms with Crippen LogP contribution in [0.25, 0.3) is 6.08 Å². The average Bonchev–Trinajstić information content (AvgIpc) is 3.14. The number of unbranched alkanes of at least 4 members (excludes halogenated alkanes) is 1. The first-order valence-corrected chi connectivity index (χ1v) is 13.3. The van der Waals surface area contributed by atoms with Gasteiger partial charge in [-0.3, -0.25) is 19.1 Å². The molecule has 2 aromatic rings. The van der Waals surface area contributed by atoms with E-state index in [4.69, 9.17) is 12.2 Å². The van der Waals surface area contributed by atoms with Crippen molar-refractivity contribution in [3.05, 3.63) is 67.8 Å². The lowest BCUT2D eigenvalue weighted by molar-refractivity contribution is -0.123. The zero-order valence-corrected chi connectivity index (χ0v) is 22.4. The highest BCUT2D eigenvalue weighted by molar-refractivity contribution is 8.26. The van der Waals surface area contributed by atoms with Gasteiger partial charge < -0.3 is 5.32 Å². The van der Waals surface area contributed by atoms with Gasteiger partial charge in [0.1, 0.15) is 21.8 Å². The second kappa shape index (κ2) is 12.2. The molecule has 1 amide bonds. The van der Waals surface area contributed by atoms with E-state index >= 15 is 0 Å². The molecule has 35 heavy (non-hydrogen) atoms. The third-order valence-electron chi connectivity index (χ3n) is 6.29. The smallest absolute Gasteiger partial charge is 0.270 e. The Morgan fingerprint density at radius 2 is 1.94 bits per heavy atom. The molecule has 8 heteroatoms. The maximum Gasteiger partial charge on any atom is 0.270 e. The fraction of sp³-hybridized carbons (Fsp3) is 0.407. The van der Waals surface area contributed by atoms with E-state index in [-0.39, 0.29) is 23.1 Å². The van der Waals surface area contributed by atoms with Crippen LogP contribution in [0.2, 0.25) is 0 Å². The Morgan fingerprint density at radius 1 is 1.23 bits per heavy atom. The maximum absolute atomic E-state index is 13.2. The number of carbonyl (C=O) groups is 1. The van der Waals surface area contributed by atoms with E-state index in [1.807, 2.05) is 32.0 Å². The van der Waals surface area contributed by atoms with Crippen LogP contribution in [-0.4, -0.2) is 32.3 Å². The molecular weight excluding hydrogens is 476 g/mol. The summed E-state index contributed by atoms with van der Waals surface area (Å²) in [4.78, 5) is 28.6. The number of anilines is 1. The molecule has 1 fully saturated rings. The van der Waals surface area contributed by atoms with E-state index in [9.17, 15) is 14.9 Å². The molecule has 1 saturated heterocycles. The van der Waals surface area contributed by atoms with Crippen molar-refractivity contribution in [3.8, 4) is 6.07 Å². The number of nitrogens with zero attached hydrogens (tertiary/aromatic N) is 3. The molecule has 2 heterocycles. The minimum Gasteiger partial charge on any atom is -0.371 e. The van der Waals surface area contributed by atoms with E-state index in [0.717, 1.165) is 25.7 Å². The number of rotatable bonds is 10. The van der Waals surface area contributed by atoms with Crippen LogP contribution in [0.15, 0.2) is 40.0 Å². The molecule has 1 unspecified atom stereocenters. The zero-order valence-electron chi connectivity index (χ0n) is 20.8. The summed E-state index contributed by atoms with van der Waals surface area (Å²) in [7, 11) is 0. The highest BCUT2D eigenvalue weighted by Gasteiger charge is 2.35. The summed E-state index contributed by atoms with van der Waals surface area (Å²) in [5.41, 5.74) is 2.25. The number of nitrogens with one attached hydrogen (secondary N) is 1. The Bertz CT molecular complexity index is 1230. The van der Waals surface area contributed by atoms with Gasteiger partial charge in [-0.25, -0.2) is 0 Å². The van der Waals surface area contributed by atoms with E-state index in [0.29, 0.717) is 39.3 Å². The molecule has 1 N–H and O–H groups in total. The molecule has 1 aliphatic heterocycles. The van der Waals surface area contributed by atoms with Crippen LogP contribution in [0.5, 0.6) is 0 Å². The summed E-state index contributed by atoms with van der Waals surface area (Å²) < 4.78 is 2.19. The molecule has 0 bridgehead atoms. The van der Waals surface area contributed by atoms with Crippen LogP contribution in [0, 0.1) is 18.3 Å². The Hall–Kier alpha value is -2.89. The van der Waals surface area contributed by atoms with Crippen LogP contribution < -0.4 is 10.9 Å². The second-order valence-corrected chi connectivity index (χ2v) is 10.3. The van der Waals surface area contributed by atoms with Crippen molar-refractivity contribution in [1.29, 1.82) is 5.26 Å². The minimum absolute atomic E-state index is 0.00569. The van der Waals surface area contributed by atoms with Crippen molar-refractivity contribution in [3.63, 3.8) is 0 Å². The van der Waals surface area contributed by atoms with Crippen LogP contribution in [0.1, 0.15) is 62.3 Å². The topological polar surface area (TPSA) is 78.1 Å². The minimum atomic E-state index is -0.301. The lowest BCUT2D eigenvalue weighted by atomic mass is 10.0. The molecule has 0 radical (unpaired) electrons. The lowest BCUT2D eigenvalue weighted by Crippen LogP contribution is -2.36. The normalized spacial score (nSPS) is 15.5. The highest BCUT2D eigenvalue weighted by Crippen LogP contribution is 2.36. The fourth-order valence-corrected chi connectivity index (χ4v) is 5.47. The number of pyridine rings is 1. The quantitative estimate of drug-likeness (QED) is 0.338. The van der Waals surface area contributed by atoms with Crippen LogP contribution in [-0.2, 0) is 17.8 Å². The second-order valence-electron chi connectivity index (χ2n) is 8.66. The van der Waals surface area contributed by atoms with Gasteiger partial charge >= 0.3 is 0 Å². The summed E-state index contributed by atoms with van der Waals surface area (Å²) in [5.74, 6) is 0.512. The van der Waals surface area contributed by atoms with Gasteiger partial charge in [0, 0.05) is 24.7 Å². The molecule has 0 spiro atoms. The van der Waals surface area contributed by atoms with Gasteiger partial charge in [-0.05, 0) is 50.3 Å². The molecule has 0 aliphatic carbocycles. The Balaban J connectivity index is 2.10. The van der Waals surface area contributed by atoms with Crippen LogP contribution in [0.3, 0.4) is 0 Å². The van der Waals surface area contributed by atoms with Crippen molar-refractivity contribution in [2.24, 2.45) is 0 Å². The number of benzene rings is 1. The molecule has 0 saturated carbocycles. The number of hydrogen-bond donors (Lipinski definition) is 1. The number of amides is 1. The van der Waals surface area contributed by atoms with E-state index in [1.54, 1.807) is 22.5 Å². The molecule has 1 aliphatic rings. The summed E-state index contributed by atoms with van der Waals surface area (Å²) in [6.45, 7) is 8.94. The van der Waals surface area contributed by atoms with Gasteiger partial charge in [-0.1, -0.05) is 74.6 Å². The van der Waals surface area contributed by atoms with Gasteiger partial charge in [0.15, 0.2) is 0 Å². The number of hydrogen-bond acceptors (Lipinski definition) is 6. The lowest BCUT2D eigenvalue weighted by Gasteiger charge is -2.22. The first-order chi connectivity index (χ1) is 16.8. The molecule has 1 aromatic heterocycles. The monoisotopic (exact) mass is 508 g/mol. The fourth-order valence-electron chi connectivity index (χ4n) is 4.03. The predicted octanol–water partition coefficient (Wildman–Crippen LogP) is 5.48. The molecular formula is C27H32N4O2S2. The number of carbonyl (C=O) groups excluding carboxylic acids is 1. The first-order valence-electron chi connectivity index (χ1n) is 12.1. The maximum atomic E-state index is 13.2. The van der Waals surface area contributed by atoms with Crippen molar-refractivity contribution in [2.75, 3.05) is 11.9 Å². The van der Waals surface area contributed by atoms with E-state index in [2.05, 4.69) is 30.4 Å². The molecule has 1 atom stereocenters. The van der Waals surface area contributed by atoms with Crippen molar-refractivity contribution < 1.29 is 4.79 Å². The molecule has 184 valence electrons. The molecule has 3 rings (SSSR count). The Kier molecular flexibility index (Phi) is 9.30. The van der Waals surface area contributed by atoms with Crippen LogP contribution in [0.4, 0.5) is 5.82 Å². The molecule has 6 nitrogen and oxygen atoms in total. The van der Waals surface area contributed by atoms with Gasteiger partial charge in [0.05, 0.1) is 4.91 Å². The summed E-state index contributed by atoms with van der Waals surface area (Å²) in [6.07, 6.45) is 5.08. The van der Waals surface area contributed by atoms with Crippen molar-refractivity contribution >= 4 is 46.1 Å². The Labute approximate surface area is 217 Å².